The number of nitrogens with one attached hydrogen (secondary N) is 2. The largest absolute Gasteiger partial charge is 0.382 e. The number of hydrogen-bond donors (Lipinski definition) is 2. The molecule has 0 saturated carbocycles. The Morgan fingerprint density at radius 2 is 2.18 bits per heavy atom. The molecule has 2 heterocycles. The van der Waals surface area contributed by atoms with Crippen molar-refractivity contribution < 1.29 is 4.21 Å². The minimum atomic E-state index is -0.597. The molecule has 0 unspecified atom stereocenters. The van der Waals surface area contributed by atoms with Crippen LogP contribution < -0.4 is 5.32 Å². The van der Waals surface area contributed by atoms with E-state index in [4.69, 9.17) is 0 Å². The molecule has 2 aromatic rings. The van der Waals surface area contributed by atoms with Gasteiger partial charge in [0.25, 0.3) is 0 Å². The summed E-state index contributed by atoms with van der Waals surface area (Å²) in [5.41, 5.74) is 2.17. The first-order valence-corrected chi connectivity index (χ1v) is 7.35. The van der Waals surface area contributed by atoms with Gasteiger partial charge in [-0.1, -0.05) is 6.07 Å². The van der Waals surface area contributed by atoms with Gasteiger partial charge in [-0.3, -0.25) is 9.31 Å². The average Bonchev–Trinajstić information content (AvgIpc) is 2.81. The number of benzene rings is 1. The zero-order valence-corrected chi connectivity index (χ0v) is 10.3. The summed E-state index contributed by atoms with van der Waals surface area (Å²) in [4.78, 5) is 0. The number of anilines is 1. The zero-order valence-electron chi connectivity index (χ0n) is 9.48. The molecule has 0 spiro atoms. The zero-order chi connectivity index (χ0) is 11.7. The number of nitrogens with zero attached hydrogens (tertiary/aromatic N) is 1. The molecule has 1 aliphatic rings. The Morgan fingerprint density at radius 1 is 1.35 bits per heavy atom. The lowest BCUT2D eigenvalue weighted by Gasteiger charge is -2.23. The van der Waals surface area contributed by atoms with E-state index in [-0.39, 0.29) is 0 Å². The number of aromatic nitrogens is 2. The summed E-state index contributed by atoms with van der Waals surface area (Å²) in [6.07, 6.45) is 3.82. The molecule has 1 aliphatic heterocycles. The van der Waals surface area contributed by atoms with E-state index in [1.165, 1.54) is 0 Å². The van der Waals surface area contributed by atoms with E-state index in [9.17, 15) is 4.21 Å². The van der Waals surface area contributed by atoms with Crippen molar-refractivity contribution in [2.24, 2.45) is 0 Å². The van der Waals surface area contributed by atoms with Gasteiger partial charge in [-0.25, -0.2) is 0 Å². The fourth-order valence-corrected chi connectivity index (χ4v) is 3.55. The van der Waals surface area contributed by atoms with E-state index < -0.39 is 10.8 Å². The molecule has 1 fully saturated rings. The van der Waals surface area contributed by atoms with Crippen LogP contribution in [-0.4, -0.2) is 32.0 Å². The highest BCUT2D eigenvalue weighted by Crippen LogP contribution is 2.24. The minimum Gasteiger partial charge on any atom is -0.382 e. The molecular weight excluding hydrogens is 234 g/mol. The second-order valence-electron chi connectivity index (χ2n) is 4.40. The molecule has 0 amide bonds. The quantitative estimate of drug-likeness (QED) is 0.854. The van der Waals surface area contributed by atoms with Gasteiger partial charge in [0.15, 0.2) is 0 Å². The summed E-state index contributed by atoms with van der Waals surface area (Å²) in [5, 5.41) is 11.7. The predicted molar refractivity (Wildman–Crippen MR) is 70.6 cm³/mol. The van der Waals surface area contributed by atoms with Crippen molar-refractivity contribution in [1.29, 1.82) is 0 Å². The van der Waals surface area contributed by atoms with E-state index in [2.05, 4.69) is 21.6 Å². The number of fused-ring (bicyclic) bond motifs is 1. The Labute approximate surface area is 102 Å². The van der Waals surface area contributed by atoms with Crippen LogP contribution in [-0.2, 0) is 10.8 Å². The highest BCUT2D eigenvalue weighted by molar-refractivity contribution is 7.85. The normalized spacial score (nSPS) is 24.9. The summed E-state index contributed by atoms with van der Waals surface area (Å²) in [6, 6.07) is 6.55. The lowest BCUT2D eigenvalue weighted by atomic mass is 10.1. The third-order valence-electron chi connectivity index (χ3n) is 3.23. The first-order chi connectivity index (χ1) is 8.33. The van der Waals surface area contributed by atoms with Crippen LogP contribution in [0, 0.1) is 0 Å². The standard InChI is InChI=1S/C12H15N3OS/c16-17-6-4-9(5-7-17)14-11-2-1-3-12-10(11)8-13-15-12/h1-3,8-9,14H,4-7H2,(H,13,15). The first kappa shape index (κ1) is 10.8. The second kappa shape index (κ2) is 4.49. The van der Waals surface area contributed by atoms with Crippen LogP contribution >= 0.6 is 0 Å². The fourth-order valence-electron chi connectivity index (χ4n) is 2.25. The molecule has 1 aromatic carbocycles. The topological polar surface area (TPSA) is 57.8 Å². The third kappa shape index (κ3) is 2.20. The maximum Gasteiger partial charge on any atom is 0.0671 e. The molecule has 90 valence electrons. The van der Waals surface area contributed by atoms with Gasteiger partial charge in [-0.2, -0.15) is 5.10 Å². The van der Waals surface area contributed by atoms with Crippen LogP contribution in [0.5, 0.6) is 0 Å². The third-order valence-corrected chi connectivity index (χ3v) is 4.61. The van der Waals surface area contributed by atoms with Crippen LogP contribution in [0.4, 0.5) is 5.69 Å². The Balaban J connectivity index is 1.80. The highest BCUT2D eigenvalue weighted by Gasteiger charge is 2.18. The van der Waals surface area contributed by atoms with Crippen molar-refractivity contribution in [1.82, 2.24) is 10.2 Å². The predicted octanol–water partition coefficient (Wildman–Crippen LogP) is 1.89. The number of aromatic amines is 1. The van der Waals surface area contributed by atoms with Gasteiger partial charge in [-0.15, -0.1) is 0 Å². The molecule has 0 radical (unpaired) electrons. The van der Waals surface area contributed by atoms with Crippen LogP contribution in [0.3, 0.4) is 0 Å². The maximum atomic E-state index is 11.3. The van der Waals surface area contributed by atoms with Gasteiger partial charge in [-0.05, 0) is 25.0 Å². The van der Waals surface area contributed by atoms with Crippen LogP contribution in [0.25, 0.3) is 10.9 Å². The molecule has 1 saturated heterocycles. The van der Waals surface area contributed by atoms with Crippen molar-refractivity contribution in [2.75, 3.05) is 16.8 Å². The molecule has 0 bridgehead atoms. The average molecular weight is 249 g/mol. The monoisotopic (exact) mass is 249 g/mol. The van der Waals surface area contributed by atoms with Crippen molar-refractivity contribution in [2.45, 2.75) is 18.9 Å². The Bertz CT molecular complexity index is 541. The van der Waals surface area contributed by atoms with Crippen molar-refractivity contribution in [3.05, 3.63) is 24.4 Å². The molecule has 2 N–H and O–H groups in total. The Morgan fingerprint density at radius 3 is 3.00 bits per heavy atom. The Kier molecular flexibility index (Phi) is 2.84. The fraction of sp³-hybridized carbons (Fsp3) is 0.417. The van der Waals surface area contributed by atoms with Crippen molar-refractivity contribution in [3.8, 4) is 0 Å². The molecule has 0 atom stereocenters. The molecule has 17 heavy (non-hydrogen) atoms. The van der Waals surface area contributed by atoms with E-state index in [1.54, 1.807) is 0 Å². The van der Waals surface area contributed by atoms with Crippen LogP contribution in [0.15, 0.2) is 24.4 Å². The maximum absolute atomic E-state index is 11.3. The van der Waals surface area contributed by atoms with Gasteiger partial charge in [0.05, 0.1) is 11.7 Å². The summed E-state index contributed by atoms with van der Waals surface area (Å²) in [6.45, 7) is 0. The SMILES string of the molecule is O=S1CCC(Nc2cccc3[nH]ncc23)CC1. The molecule has 1 aromatic heterocycles. The van der Waals surface area contributed by atoms with Crippen molar-refractivity contribution >= 4 is 27.4 Å². The van der Waals surface area contributed by atoms with Gasteiger partial charge in [0.1, 0.15) is 0 Å². The highest BCUT2D eigenvalue weighted by atomic mass is 32.2. The summed E-state index contributed by atoms with van der Waals surface area (Å²) in [5.74, 6) is 1.64. The van der Waals surface area contributed by atoms with E-state index in [0.29, 0.717) is 6.04 Å². The Hall–Kier alpha value is -1.36. The molecule has 5 heteroatoms. The summed E-state index contributed by atoms with van der Waals surface area (Å²) < 4.78 is 11.3. The van der Waals surface area contributed by atoms with Gasteiger partial charge in [0.2, 0.25) is 0 Å². The number of hydrogen-bond acceptors (Lipinski definition) is 3. The molecule has 4 nitrogen and oxygen atoms in total. The first-order valence-electron chi connectivity index (χ1n) is 5.86. The minimum absolute atomic E-state index is 0.438. The van der Waals surface area contributed by atoms with E-state index in [0.717, 1.165) is 40.9 Å². The van der Waals surface area contributed by atoms with Crippen LogP contribution in [0.2, 0.25) is 0 Å². The van der Waals surface area contributed by atoms with E-state index >= 15 is 0 Å². The molecule has 3 rings (SSSR count). The smallest absolute Gasteiger partial charge is 0.0671 e. The number of rotatable bonds is 2. The lowest BCUT2D eigenvalue weighted by molar-refractivity contribution is 0.624. The van der Waals surface area contributed by atoms with Gasteiger partial charge >= 0.3 is 0 Å². The molecule has 0 aliphatic carbocycles. The van der Waals surface area contributed by atoms with Gasteiger partial charge in [0, 0.05) is 39.4 Å². The number of H-pyrrole nitrogens is 1. The lowest BCUT2D eigenvalue weighted by Crippen LogP contribution is -2.29. The molecular formula is C12H15N3OS. The summed E-state index contributed by atoms with van der Waals surface area (Å²) in [7, 11) is -0.597. The van der Waals surface area contributed by atoms with Gasteiger partial charge < -0.3 is 5.32 Å². The summed E-state index contributed by atoms with van der Waals surface area (Å²) >= 11 is 0. The van der Waals surface area contributed by atoms with Crippen LogP contribution in [0.1, 0.15) is 12.8 Å². The van der Waals surface area contributed by atoms with Crippen molar-refractivity contribution in [3.63, 3.8) is 0 Å². The van der Waals surface area contributed by atoms with E-state index in [1.807, 2.05) is 18.3 Å². The second-order valence-corrected chi connectivity index (χ2v) is 6.10.